The van der Waals surface area contributed by atoms with Crippen LogP contribution in [0.25, 0.3) is 6.08 Å². The van der Waals surface area contributed by atoms with Gasteiger partial charge in [0.1, 0.15) is 5.82 Å². The summed E-state index contributed by atoms with van der Waals surface area (Å²) in [5.74, 6) is -0.398. The monoisotopic (exact) mass is 484 g/mol. The van der Waals surface area contributed by atoms with Gasteiger partial charge >= 0.3 is 0 Å². The maximum Gasteiger partial charge on any atom is 0.247 e. The average Bonchev–Trinajstić information content (AvgIpc) is 3.04. The summed E-state index contributed by atoms with van der Waals surface area (Å²) in [5.41, 5.74) is 2.38. The number of likely N-dealkylation sites (N-methyl/N-ethyl adjacent to an activating group) is 1. The Kier molecular flexibility index (Phi) is 7.66. The Hall–Kier alpha value is -2.74. The lowest BCUT2D eigenvalue weighted by Crippen LogP contribution is -2.55. The molecule has 2 aliphatic heterocycles. The summed E-state index contributed by atoms with van der Waals surface area (Å²) in [5, 5.41) is 3.39. The summed E-state index contributed by atoms with van der Waals surface area (Å²) in [6.07, 6.45) is 5.30. The molecular weight excluding hydrogens is 455 g/mol. The summed E-state index contributed by atoms with van der Waals surface area (Å²) in [4.78, 5) is 31.5. The first-order chi connectivity index (χ1) is 16.3. The molecule has 2 aromatic carbocycles. The van der Waals surface area contributed by atoms with Crippen molar-refractivity contribution in [3.05, 3.63) is 70.5 Å². The highest BCUT2D eigenvalue weighted by atomic mass is 35.5. The summed E-state index contributed by atoms with van der Waals surface area (Å²) in [6.45, 7) is 2.62. The second-order valence-electron chi connectivity index (χ2n) is 9.30. The third kappa shape index (κ3) is 6.03. The van der Waals surface area contributed by atoms with Crippen LogP contribution in [-0.2, 0) is 16.1 Å². The minimum Gasteiger partial charge on any atom is -0.331 e. The number of piperazine rings is 1. The number of rotatable bonds is 7. The number of likely N-dealkylation sites (tertiary alicyclic amines) is 1. The van der Waals surface area contributed by atoms with Crippen LogP contribution in [0, 0.1) is 5.82 Å². The van der Waals surface area contributed by atoms with Gasteiger partial charge in [-0.1, -0.05) is 29.8 Å². The van der Waals surface area contributed by atoms with Crippen LogP contribution in [0.2, 0.25) is 5.02 Å². The van der Waals surface area contributed by atoms with Crippen molar-refractivity contribution in [1.82, 2.24) is 14.7 Å². The van der Waals surface area contributed by atoms with Crippen molar-refractivity contribution < 1.29 is 14.0 Å². The fraction of sp³-hybridized carbons (Fsp3) is 0.385. The minimum atomic E-state index is -0.230. The van der Waals surface area contributed by atoms with E-state index in [0.29, 0.717) is 10.7 Å². The first kappa shape index (κ1) is 24.4. The van der Waals surface area contributed by atoms with E-state index in [1.54, 1.807) is 35.3 Å². The lowest BCUT2D eigenvalue weighted by atomic mass is 10.1. The lowest BCUT2D eigenvalue weighted by molar-refractivity contribution is -0.131. The van der Waals surface area contributed by atoms with Crippen molar-refractivity contribution in [2.75, 3.05) is 39.0 Å². The fourth-order valence-electron chi connectivity index (χ4n) is 4.83. The fourth-order valence-corrected chi connectivity index (χ4v) is 5.01. The predicted octanol–water partition coefficient (Wildman–Crippen LogP) is 3.87. The molecule has 2 saturated heterocycles. The Morgan fingerprint density at radius 1 is 1.12 bits per heavy atom. The number of hydrogen-bond acceptors (Lipinski definition) is 4. The van der Waals surface area contributed by atoms with E-state index >= 15 is 0 Å². The molecule has 0 unspecified atom stereocenters. The number of benzene rings is 2. The summed E-state index contributed by atoms with van der Waals surface area (Å²) >= 11 is 6.13. The number of carbonyl (C=O) groups excluding carboxylic acids is 2. The van der Waals surface area contributed by atoms with Crippen molar-refractivity contribution in [1.29, 1.82) is 0 Å². The largest absolute Gasteiger partial charge is 0.331 e. The normalized spacial score (nSPS) is 20.3. The Balaban J connectivity index is 1.41. The van der Waals surface area contributed by atoms with Crippen LogP contribution in [0.15, 0.2) is 48.5 Å². The van der Waals surface area contributed by atoms with Crippen molar-refractivity contribution in [3.8, 4) is 0 Å². The van der Waals surface area contributed by atoms with Gasteiger partial charge < -0.3 is 15.1 Å². The molecule has 2 amide bonds. The van der Waals surface area contributed by atoms with Crippen LogP contribution in [0.5, 0.6) is 0 Å². The smallest absolute Gasteiger partial charge is 0.247 e. The van der Waals surface area contributed by atoms with Gasteiger partial charge in [0.05, 0.1) is 6.54 Å². The van der Waals surface area contributed by atoms with Gasteiger partial charge in [0.15, 0.2) is 0 Å². The maximum atomic E-state index is 13.2. The number of carbonyl (C=O) groups is 2. The Bertz CT molecular complexity index is 1060. The van der Waals surface area contributed by atoms with Gasteiger partial charge in [-0.3, -0.25) is 14.5 Å². The number of nitrogens with zero attached hydrogens (tertiary/aromatic N) is 3. The van der Waals surface area contributed by atoms with Gasteiger partial charge in [0.25, 0.3) is 0 Å². The average molecular weight is 485 g/mol. The molecule has 2 heterocycles. The summed E-state index contributed by atoms with van der Waals surface area (Å²) in [7, 11) is 3.65. The number of fused-ring (bicyclic) bond motifs is 2. The first-order valence-corrected chi connectivity index (χ1v) is 11.9. The van der Waals surface area contributed by atoms with E-state index in [1.165, 1.54) is 12.1 Å². The van der Waals surface area contributed by atoms with Gasteiger partial charge in [-0.05, 0) is 68.4 Å². The van der Waals surface area contributed by atoms with E-state index in [0.717, 1.165) is 43.6 Å². The highest BCUT2D eigenvalue weighted by molar-refractivity contribution is 6.31. The first-order valence-electron chi connectivity index (χ1n) is 11.5. The molecule has 180 valence electrons. The van der Waals surface area contributed by atoms with E-state index in [4.69, 9.17) is 11.6 Å². The Morgan fingerprint density at radius 3 is 2.44 bits per heavy atom. The molecule has 0 radical (unpaired) electrons. The summed E-state index contributed by atoms with van der Waals surface area (Å²) in [6, 6.07) is 12.2. The van der Waals surface area contributed by atoms with E-state index in [9.17, 15) is 14.0 Å². The van der Waals surface area contributed by atoms with Crippen molar-refractivity contribution in [2.45, 2.75) is 31.5 Å². The van der Waals surface area contributed by atoms with E-state index in [-0.39, 0.29) is 36.3 Å². The highest BCUT2D eigenvalue weighted by Crippen LogP contribution is 2.31. The maximum absolute atomic E-state index is 13.2. The van der Waals surface area contributed by atoms with Crippen LogP contribution >= 0.6 is 11.6 Å². The summed E-state index contributed by atoms with van der Waals surface area (Å²) < 4.78 is 13.2. The zero-order valence-electron chi connectivity index (χ0n) is 19.5. The molecule has 2 aliphatic rings. The minimum absolute atomic E-state index is 0.0190. The second-order valence-corrected chi connectivity index (χ2v) is 9.74. The molecule has 1 N–H and O–H groups in total. The molecule has 2 atom stereocenters. The van der Waals surface area contributed by atoms with Crippen molar-refractivity contribution >= 4 is 35.2 Å². The van der Waals surface area contributed by atoms with Crippen LogP contribution < -0.4 is 5.32 Å². The molecule has 0 saturated carbocycles. The van der Waals surface area contributed by atoms with Crippen LogP contribution in [0.1, 0.15) is 24.0 Å². The molecule has 8 heteroatoms. The van der Waals surface area contributed by atoms with Crippen LogP contribution in [0.3, 0.4) is 0 Å². The van der Waals surface area contributed by atoms with Gasteiger partial charge in [-0.2, -0.15) is 0 Å². The van der Waals surface area contributed by atoms with Gasteiger partial charge in [-0.25, -0.2) is 4.39 Å². The molecule has 2 bridgehead atoms. The number of hydrogen-bond donors (Lipinski definition) is 1. The molecule has 2 aromatic rings. The number of anilines is 1. The molecule has 6 nitrogen and oxygen atoms in total. The zero-order chi connectivity index (χ0) is 24.2. The topological polar surface area (TPSA) is 55.9 Å². The SMILES string of the molecule is CN(C)CC(=O)Nc1cc(Cl)ccc1/C=C/C(=O)N1[C@@H]2CC[C@H]1CN(Cc1ccc(F)cc1)C2. The Morgan fingerprint density at radius 2 is 1.79 bits per heavy atom. The van der Waals surface area contributed by atoms with E-state index in [2.05, 4.69) is 10.2 Å². The Labute approximate surface area is 205 Å². The predicted molar refractivity (Wildman–Crippen MR) is 133 cm³/mol. The third-order valence-corrected chi connectivity index (χ3v) is 6.52. The van der Waals surface area contributed by atoms with Crippen molar-refractivity contribution in [3.63, 3.8) is 0 Å². The molecule has 2 fully saturated rings. The molecule has 4 rings (SSSR count). The lowest BCUT2D eigenvalue weighted by Gasteiger charge is -2.40. The van der Waals surface area contributed by atoms with Crippen LogP contribution in [0.4, 0.5) is 10.1 Å². The number of amides is 2. The second kappa shape index (κ2) is 10.7. The molecule has 0 spiro atoms. The molecule has 0 aromatic heterocycles. The molecular formula is C26H30ClFN4O2. The third-order valence-electron chi connectivity index (χ3n) is 6.29. The molecule has 34 heavy (non-hydrogen) atoms. The molecule has 0 aliphatic carbocycles. The van der Waals surface area contributed by atoms with Gasteiger partial charge in [0, 0.05) is 48.5 Å². The van der Waals surface area contributed by atoms with Gasteiger partial charge in [-0.15, -0.1) is 0 Å². The highest BCUT2D eigenvalue weighted by Gasteiger charge is 2.41. The van der Waals surface area contributed by atoms with E-state index < -0.39 is 0 Å². The van der Waals surface area contributed by atoms with Crippen molar-refractivity contribution in [2.24, 2.45) is 0 Å². The standard InChI is InChI=1S/C26H30ClFN4O2/c1-30(2)17-25(33)29-24-13-20(27)7-5-19(24)6-12-26(34)32-22-10-11-23(32)16-31(15-22)14-18-3-8-21(28)9-4-18/h3-9,12-13,22-23H,10-11,14-17H2,1-2H3,(H,29,33)/b12-6+/t22-,23+. The zero-order valence-corrected chi connectivity index (χ0v) is 20.3. The quantitative estimate of drug-likeness (QED) is 0.606. The van der Waals surface area contributed by atoms with E-state index in [1.807, 2.05) is 31.1 Å². The van der Waals surface area contributed by atoms with Gasteiger partial charge in [0.2, 0.25) is 11.8 Å². The number of nitrogens with one attached hydrogen (secondary N) is 1. The number of halogens is 2. The van der Waals surface area contributed by atoms with Crippen LogP contribution in [-0.4, -0.2) is 72.3 Å².